The van der Waals surface area contributed by atoms with Crippen LogP contribution in [0.25, 0.3) is 10.2 Å². The van der Waals surface area contributed by atoms with E-state index in [1.807, 2.05) is 53.4 Å². The first kappa shape index (κ1) is 21.4. The Hall–Kier alpha value is -3.45. The van der Waals surface area contributed by atoms with Crippen LogP contribution in [0, 0.1) is 0 Å². The molecule has 2 aromatic heterocycles. The molecule has 1 N–H and O–H groups in total. The molecule has 6 nitrogen and oxygen atoms in total. The van der Waals surface area contributed by atoms with Crippen LogP contribution in [0.2, 0.25) is 0 Å². The highest BCUT2D eigenvalue weighted by Gasteiger charge is 2.32. The SMILES string of the molecule is O=C(NC(Cc1ccccc1)C(=O)N1CCCC(c2nc3ccccc3s2)C1)c1ccco1. The van der Waals surface area contributed by atoms with Crippen molar-refractivity contribution in [2.24, 2.45) is 0 Å². The number of carbonyl (C=O) groups excluding carboxylic acids is 2. The number of likely N-dealkylation sites (tertiary alicyclic amines) is 1. The first-order valence-electron chi connectivity index (χ1n) is 11.2. The zero-order valence-electron chi connectivity index (χ0n) is 18.1. The number of hydrogen-bond donors (Lipinski definition) is 1. The minimum Gasteiger partial charge on any atom is -0.459 e. The maximum atomic E-state index is 13.6. The normalized spacial score (nSPS) is 17.1. The Morgan fingerprint density at radius 2 is 1.91 bits per heavy atom. The number of benzene rings is 2. The summed E-state index contributed by atoms with van der Waals surface area (Å²) in [6, 6.07) is 20.5. The van der Waals surface area contributed by atoms with Gasteiger partial charge in [-0.1, -0.05) is 42.5 Å². The molecule has 0 radical (unpaired) electrons. The van der Waals surface area contributed by atoms with E-state index in [9.17, 15) is 9.59 Å². The third-order valence-electron chi connectivity index (χ3n) is 6.02. The van der Waals surface area contributed by atoms with Gasteiger partial charge in [-0.05, 0) is 42.7 Å². The summed E-state index contributed by atoms with van der Waals surface area (Å²) < 4.78 is 6.40. The minimum absolute atomic E-state index is 0.0652. The lowest BCUT2D eigenvalue weighted by Gasteiger charge is -2.34. The van der Waals surface area contributed by atoms with E-state index in [2.05, 4.69) is 11.4 Å². The fourth-order valence-electron chi connectivity index (χ4n) is 4.35. The van der Waals surface area contributed by atoms with Crippen molar-refractivity contribution in [1.82, 2.24) is 15.2 Å². The first-order valence-corrected chi connectivity index (χ1v) is 12.0. The number of piperidine rings is 1. The highest BCUT2D eigenvalue weighted by atomic mass is 32.1. The second-order valence-corrected chi connectivity index (χ2v) is 9.40. The lowest BCUT2D eigenvalue weighted by molar-refractivity contribution is -0.134. The van der Waals surface area contributed by atoms with Gasteiger partial charge in [0.1, 0.15) is 6.04 Å². The van der Waals surface area contributed by atoms with Crippen molar-refractivity contribution in [3.8, 4) is 0 Å². The summed E-state index contributed by atoms with van der Waals surface area (Å²) in [5.41, 5.74) is 2.00. The van der Waals surface area contributed by atoms with Gasteiger partial charge in [0, 0.05) is 25.4 Å². The van der Waals surface area contributed by atoms with E-state index in [-0.39, 0.29) is 23.5 Å². The van der Waals surface area contributed by atoms with Crippen LogP contribution in [0.4, 0.5) is 0 Å². The van der Waals surface area contributed by atoms with Gasteiger partial charge >= 0.3 is 0 Å². The highest BCUT2D eigenvalue weighted by molar-refractivity contribution is 7.18. The maximum absolute atomic E-state index is 13.6. The highest BCUT2D eigenvalue weighted by Crippen LogP contribution is 2.33. The molecular formula is C26H25N3O3S. The van der Waals surface area contributed by atoms with Crippen molar-refractivity contribution in [1.29, 1.82) is 0 Å². The molecule has 0 saturated carbocycles. The molecule has 7 heteroatoms. The fourth-order valence-corrected chi connectivity index (χ4v) is 5.44. The monoisotopic (exact) mass is 459 g/mol. The quantitative estimate of drug-likeness (QED) is 0.456. The lowest BCUT2D eigenvalue weighted by Crippen LogP contribution is -2.52. The molecule has 3 heterocycles. The zero-order chi connectivity index (χ0) is 22.6. The molecule has 4 aromatic rings. The van der Waals surface area contributed by atoms with Gasteiger partial charge in [0.25, 0.3) is 5.91 Å². The van der Waals surface area contributed by atoms with Gasteiger partial charge in [-0.3, -0.25) is 9.59 Å². The van der Waals surface area contributed by atoms with Crippen LogP contribution in [-0.2, 0) is 11.2 Å². The standard InChI is InChI=1S/C26H25N3O3S/c30-24(22-12-7-15-32-22)27-21(16-18-8-2-1-3-9-18)26(31)29-14-6-10-19(17-29)25-28-20-11-4-5-13-23(20)33-25/h1-5,7-9,11-13,15,19,21H,6,10,14,16-17H2,(H,27,30). The zero-order valence-corrected chi connectivity index (χ0v) is 19.0. The predicted molar refractivity (Wildman–Crippen MR) is 128 cm³/mol. The summed E-state index contributed by atoms with van der Waals surface area (Å²) in [7, 11) is 0. The third kappa shape index (κ3) is 4.83. The van der Waals surface area contributed by atoms with Gasteiger partial charge < -0.3 is 14.6 Å². The van der Waals surface area contributed by atoms with Crippen molar-refractivity contribution in [2.75, 3.05) is 13.1 Å². The van der Waals surface area contributed by atoms with Crippen LogP contribution in [0.3, 0.4) is 0 Å². The number of hydrogen-bond acceptors (Lipinski definition) is 5. The van der Waals surface area contributed by atoms with E-state index < -0.39 is 6.04 Å². The molecule has 1 fully saturated rings. The van der Waals surface area contributed by atoms with Crippen LogP contribution in [0.1, 0.15) is 39.9 Å². The number of para-hydroxylation sites is 1. The smallest absolute Gasteiger partial charge is 0.287 e. The molecule has 1 aliphatic rings. The van der Waals surface area contributed by atoms with E-state index >= 15 is 0 Å². The number of carbonyl (C=O) groups is 2. The lowest BCUT2D eigenvalue weighted by atomic mass is 9.97. The van der Waals surface area contributed by atoms with Crippen LogP contribution >= 0.6 is 11.3 Å². The third-order valence-corrected chi connectivity index (χ3v) is 7.22. The van der Waals surface area contributed by atoms with Crippen LogP contribution in [0.15, 0.2) is 77.4 Å². The van der Waals surface area contributed by atoms with Gasteiger partial charge in [0.15, 0.2) is 5.76 Å². The van der Waals surface area contributed by atoms with E-state index in [4.69, 9.17) is 9.40 Å². The number of fused-ring (bicyclic) bond motifs is 1. The minimum atomic E-state index is -0.667. The average molecular weight is 460 g/mol. The summed E-state index contributed by atoms with van der Waals surface area (Å²) in [5.74, 6) is -0.0382. The number of aromatic nitrogens is 1. The fraction of sp³-hybridized carbons (Fsp3) is 0.269. The van der Waals surface area contributed by atoms with E-state index in [0.29, 0.717) is 19.5 Å². The van der Waals surface area contributed by atoms with Gasteiger partial charge in [0.2, 0.25) is 5.91 Å². The summed E-state index contributed by atoms with van der Waals surface area (Å²) in [6.45, 7) is 1.29. The Balaban J connectivity index is 1.34. The molecule has 1 aliphatic heterocycles. The topological polar surface area (TPSA) is 75.4 Å². The Bertz CT molecular complexity index is 1200. The van der Waals surface area contributed by atoms with Crippen molar-refractivity contribution in [3.05, 3.63) is 89.3 Å². The summed E-state index contributed by atoms with van der Waals surface area (Å²) in [4.78, 5) is 33.0. The Morgan fingerprint density at radius 1 is 1.09 bits per heavy atom. The molecule has 2 unspecified atom stereocenters. The van der Waals surface area contributed by atoms with Gasteiger partial charge in [-0.25, -0.2) is 4.98 Å². The Labute approximate surface area is 196 Å². The average Bonchev–Trinajstić information content (AvgIpc) is 3.54. The summed E-state index contributed by atoms with van der Waals surface area (Å²) in [6.07, 6.45) is 3.80. The van der Waals surface area contributed by atoms with Gasteiger partial charge in [0.05, 0.1) is 21.5 Å². The number of thiazole rings is 1. The molecule has 2 amide bonds. The Morgan fingerprint density at radius 3 is 2.70 bits per heavy atom. The number of nitrogens with one attached hydrogen (secondary N) is 1. The predicted octanol–water partition coefficient (Wildman–Crippen LogP) is 4.64. The van der Waals surface area contributed by atoms with Gasteiger partial charge in [-0.15, -0.1) is 11.3 Å². The second kappa shape index (κ2) is 9.58. The number of amides is 2. The van der Waals surface area contributed by atoms with Gasteiger partial charge in [-0.2, -0.15) is 0 Å². The van der Waals surface area contributed by atoms with Crippen molar-refractivity contribution in [2.45, 2.75) is 31.2 Å². The maximum Gasteiger partial charge on any atom is 0.287 e. The molecular weight excluding hydrogens is 434 g/mol. The first-order chi connectivity index (χ1) is 16.2. The van der Waals surface area contributed by atoms with E-state index in [1.165, 1.54) is 11.0 Å². The molecule has 0 aliphatic carbocycles. The second-order valence-electron chi connectivity index (χ2n) is 8.34. The molecule has 0 bridgehead atoms. The number of rotatable bonds is 6. The van der Waals surface area contributed by atoms with Crippen LogP contribution in [0.5, 0.6) is 0 Å². The largest absolute Gasteiger partial charge is 0.459 e. The molecule has 0 spiro atoms. The molecule has 2 aromatic carbocycles. The van der Waals surface area contributed by atoms with E-state index in [1.54, 1.807) is 23.5 Å². The molecule has 2 atom stereocenters. The van der Waals surface area contributed by atoms with Crippen LogP contribution in [-0.4, -0.2) is 40.8 Å². The molecule has 5 rings (SSSR count). The summed E-state index contributed by atoms with van der Waals surface area (Å²) in [5, 5.41) is 3.98. The molecule has 33 heavy (non-hydrogen) atoms. The molecule has 168 valence electrons. The van der Waals surface area contributed by atoms with Crippen LogP contribution < -0.4 is 5.32 Å². The van der Waals surface area contributed by atoms with Crippen molar-refractivity contribution < 1.29 is 14.0 Å². The van der Waals surface area contributed by atoms with Crippen molar-refractivity contribution in [3.63, 3.8) is 0 Å². The summed E-state index contributed by atoms with van der Waals surface area (Å²) >= 11 is 1.71. The van der Waals surface area contributed by atoms with Crippen molar-refractivity contribution >= 4 is 33.4 Å². The molecule has 1 saturated heterocycles. The number of nitrogens with zero attached hydrogens (tertiary/aromatic N) is 2. The van der Waals surface area contributed by atoms with E-state index in [0.717, 1.165) is 28.9 Å². The number of furan rings is 1. The Kier molecular flexibility index (Phi) is 6.21.